The minimum Gasteiger partial charge on any atom is -0.349 e. The number of piperidine rings is 1. The van der Waals surface area contributed by atoms with E-state index >= 15 is 0 Å². The molecule has 3 heterocycles. The number of aryl methyl sites for hydroxylation is 2. The Morgan fingerprint density at radius 2 is 1.76 bits per heavy atom. The second-order valence-corrected chi connectivity index (χ2v) is 13.5. The predicted octanol–water partition coefficient (Wildman–Crippen LogP) is 3.96. The summed E-state index contributed by atoms with van der Waals surface area (Å²) in [4.78, 5) is 24.1. The van der Waals surface area contributed by atoms with Gasteiger partial charge in [-0.2, -0.15) is 8.42 Å². The van der Waals surface area contributed by atoms with Crippen LogP contribution in [0.4, 0.5) is 0 Å². The lowest BCUT2D eigenvalue weighted by Gasteiger charge is -2.29. The lowest BCUT2D eigenvalue weighted by molar-refractivity contribution is 0.0916. The number of aromatic nitrogens is 2. The van der Waals surface area contributed by atoms with Crippen LogP contribution in [-0.4, -0.2) is 78.6 Å². The number of hydrogen-bond acceptors (Lipinski definition) is 7. The largest absolute Gasteiger partial charge is 0.394 e. The van der Waals surface area contributed by atoms with Crippen LogP contribution in [0, 0.1) is 13.8 Å². The van der Waals surface area contributed by atoms with Crippen molar-refractivity contribution in [3.63, 3.8) is 0 Å². The number of pyridine rings is 1. The number of nitrogens with one attached hydrogen (secondary N) is 2. The SMILES string of the molecule is CCS(=O)(=O)c1cccc(-c2cc(C(=O)NC3CCN(C)CC3)c(C)c3[nH]c4ncc(C)cc4c23)c1.O=S(=O)(O)O. The Labute approximate surface area is 239 Å². The third-order valence-electron chi connectivity index (χ3n) is 7.31. The number of H-pyrrole nitrogens is 1. The van der Waals surface area contributed by atoms with Crippen molar-refractivity contribution < 1.29 is 30.7 Å². The highest BCUT2D eigenvalue weighted by molar-refractivity contribution is 7.91. The fourth-order valence-corrected chi connectivity index (χ4v) is 6.02. The first-order valence-electron chi connectivity index (χ1n) is 13.1. The molecule has 0 aliphatic carbocycles. The van der Waals surface area contributed by atoms with E-state index in [1.807, 2.05) is 32.2 Å². The first-order valence-corrected chi connectivity index (χ1v) is 16.2. The molecular weight excluding hydrogens is 568 g/mol. The van der Waals surface area contributed by atoms with Crippen LogP contribution in [0.1, 0.15) is 41.3 Å². The highest BCUT2D eigenvalue weighted by atomic mass is 32.3. The van der Waals surface area contributed by atoms with Gasteiger partial charge in [0, 0.05) is 28.6 Å². The van der Waals surface area contributed by atoms with Gasteiger partial charge in [0.2, 0.25) is 0 Å². The maximum absolute atomic E-state index is 13.5. The number of carbonyl (C=O) groups excluding carboxylic acids is 1. The average Bonchev–Trinajstić information content (AvgIpc) is 3.28. The van der Waals surface area contributed by atoms with E-state index in [2.05, 4.69) is 33.3 Å². The van der Waals surface area contributed by atoms with Crippen LogP contribution in [0.25, 0.3) is 33.1 Å². The monoisotopic (exact) mass is 602 g/mol. The van der Waals surface area contributed by atoms with Crippen LogP contribution in [-0.2, 0) is 20.2 Å². The summed E-state index contributed by atoms with van der Waals surface area (Å²) in [5, 5.41) is 5.13. The average molecular weight is 603 g/mol. The molecule has 41 heavy (non-hydrogen) atoms. The Hall–Kier alpha value is -3.36. The molecule has 1 fully saturated rings. The summed E-state index contributed by atoms with van der Waals surface area (Å²) in [7, 11) is -5.95. The standard InChI is InChI=1S/C28H32N4O3S.H2O4S/c1-5-36(34,35)21-8-6-7-19(14-21)23-15-22(28(33)30-20-9-11-32(4)12-10-20)18(3)26-25(23)24-13-17(2)16-29-27(24)31-26;1-5(2,3)4/h6-8,13-16,20H,5,9-12H2,1-4H3,(H,29,31)(H,30,33);(H2,1,2,3,4). The zero-order valence-corrected chi connectivity index (χ0v) is 24.9. The number of nitrogens with zero attached hydrogens (tertiary/aromatic N) is 2. The number of rotatable bonds is 5. The molecule has 1 aliphatic rings. The zero-order chi connectivity index (χ0) is 30.1. The fraction of sp³-hybridized carbons (Fsp3) is 0.357. The van der Waals surface area contributed by atoms with E-state index in [1.54, 1.807) is 25.1 Å². The molecule has 4 aromatic rings. The van der Waals surface area contributed by atoms with Crippen molar-refractivity contribution >= 4 is 48.1 Å². The van der Waals surface area contributed by atoms with Gasteiger partial charge in [0.05, 0.1) is 16.2 Å². The first kappa shape index (κ1) is 30.6. The van der Waals surface area contributed by atoms with E-state index in [0.717, 1.165) is 70.1 Å². The molecular formula is C28H34N4O7S2. The van der Waals surface area contributed by atoms with Crippen molar-refractivity contribution in [2.75, 3.05) is 25.9 Å². The molecule has 1 saturated heterocycles. The Morgan fingerprint density at radius 3 is 2.39 bits per heavy atom. The van der Waals surface area contributed by atoms with Gasteiger partial charge >= 0.3 is 10.4 Å². The molecule has 4 N–H and O–H groups in total. The van der Waals surface area contributed by atoms with Gasteiger partial charge in [-0.1, -0.05) is 19.1 Å². The molecule has 0 saturated carbocycles. The molecule has 0 unspecified atom stereocenters. The molecule has 2 aromatic heterocycles. The summed E-state index contributed by atoms with van der Waals surface area (Å²) in [5.41, 5.74) is 5.62. The van der Waals surface area contributed by atoms with Gasteiger partial charge in [-0.05, 0) is 93.3 Å². The molecule has 0 atom stereocenters. The van der Waals surface area contributed by atoms with E-state index in [4.69, 9.17) is 17.5 Å². The number of amides is 1. The number of likely N-dealkylation sites (tertiary alicyclic amines) is 1. The van der Waals surface area contributed by atoms with Crippen molar-refractivity contribution in [2.45, 2.75) is 44.6 Å². The third-order valence-corrected chi connectivity index (χ3v) is 9.04. The van der Waals surface area contributed by atoms with E-state index in [9.17, 15) is 13.2 Å². The van der Waals surface area contributed by atoms with Crippen molar-refractivity contribution in [1.29, 1.82) is 0 Å². The van der Waals surface area contributed by atoms with Crippen LogP contribution in [0.2, 0.25) is 0 Å². The fourth-order valence-electron chi connectivity index (χ4n) is 5.10. The third kappa shape index (κ3) is 7.11. The Balaban J connectivity index is 0.000000714. The van der Waals surface area contributed by atoms with E-state index in [-0.39, 0.29) is 22.6 Å². The molecule has 0 bridgehead atoms. The predicted molar refractivity (Wildman–Crippen MR) is 158 cm³/mol. The topological polar surface area (TPSA) is 170 Å². The van der Waals surface area contributed by atoms with Crippen molar-refractivity contribution in [2.24, 2.45) is 0 Å². The van der Waals surface area contributed by atoms with Crippen LogP contribution in [0.3, 0.4) is 0 Å². The second kappa shape index (κ2) is 11.9. The molecule has 220 valence electrons. The van der Waals surface area contributed by atoms with Gasteiger partial charge in [-0.3, -0.25) is 13.9 Å². The Bertz CT molecular complexity index is 1820. The van der Waals surface area contributed by atoms with Crippen molar-refractivity contribution in [3.05, 3.63) is 59.3 Å². The summed E-state index contributed by atoms with van der Waals surface area (Å²) < 4.78 is 56.9. The number of fused-ring (bicyclic) bond motifs is 3. The molecule has 5 rings (SSSR count). The first-order chi connectivity index (χ1) is 19.2. The maximum Gasteiger partial charge on any atom is 0.394 e. The minimum absolute atomic E-state index is 0.0280. The molecule has 2 aromatic carbocycles. The van der Waals surface area contributed by atoms with Gasteiger partial charge in [-0.25, -0.2) is 13.4 Å². The normalized spacial score (nSPS) is 15.1. The van der Waals surface area contributed by atoms with Crippen LogP contribution >= 0.6 is 0 Å². The molecule has 0 spiro atoms. The van der Waals surface area contributed by atoms with Crippen molar-refractivity contribution in [1.82, 2.24) is 20.2 Å². The number of aromatic amines is 1. The minimum atomic E-state index is -4.67. The smallest absolute Gasteiger partial charge is 0.349 e. The molecule has 0 radical (unpaired) electrons. The van der Waals surface area contributed by atoms with Crippen LogP contribution in [0.5, 0.6) is 0 Å². The number of hydrogen-bond donors (Lipinski definition) is 4. The lowest BCUT2D eigenvalue weighted by Crippen LogP contribution is -2.43. The van der Waals surface area contributed by atoms with Gasteiger partial charge < -0.3 is 15.2 Å². The van der Waals surface area contributed by atoms with Crippen LogP contribution < -0.4 is 5.32 Å². The van der Waals surface area contributed by atoms with Crippen LogP contribution in [0.15, 0.2) is 47.5 Å². The van der Waals surface area contributed by atoms with Gasteiger partial charge in [0.25, 0.3) is 5.91 Å². The Kier molecular flexibility index (Phi) is 8.85. The summed E-state index contributed by atoms with van der Waals surface area (Å²) >= 11 is 0. The number of sulfone groups is 1. The summed E-state index contributed by atoms with van der Waals surface area (Å²) in [5.74, 6) is -0.0782. The highest BCUT2D eigenvalue weighted by Gasteiger charge is 2.24. The highest BCUT2D eigenvalue weighted by Crippen LogP contribution is 2.38. The molecule has 1 aliphatic heterocycles. The number of benzene rings is 2. The molecule has 1 amide bonds. The number of carbonyl (C=O) groups is 1. The molecule has 11 nitrogen and oxygen atoms in total. The van der Waals surface area contributed by atoms with Gasteiger partial charge in [0.1, 0.15) is 5.65 Å². The second-order valence-electron chi connectivity index (χ2n) is 10.3. The van der Waals surface area contributed by atoms with E-state index < -0.39 is 20.2 Å². The van der Waals surface area contributed by atoms with E-state index in [1.165, 1.54) is 0 Å². The van der Waals surface area contributed by atoms with Crippen molar-refractivity contribution in [3.8, 4) is 11.1 Å². The molecule has 13 heteroatoms. The maximum atomic E-state index is 13.5. The van der Waals surface area contributed by atoms with Gasteiger partial charge in [0.15, 0.2) is 9.84 Å². The summed E-state index contributed by atoms with van der Waals surface area (Å²) in [6.45, 7) is 7.51. The Morgan fingerprint density at radius 1 is 1.10 bits per heavy atom. The van der Waals surface area contributed by atoms with E-state index in [0.29, 0.717) is 5.56 Å². The quantitative estimate of drug-likeness (QED) is 0.247. The lowest BCUT2D eigenvalue weighted by atomic mass is 9.93. The summed E-state index contributed by atoms with van der Waals surface area (Å²) in [6.07, 6.45) is 3.65. The van der Waals surface area contributed by atoms with Gasteiger partial charge in [-0.15, -0.1) is 0 Å². The zero-order valence-electron chi connectivity index (χ0n) is 23.3. The summed E-state index contributed by atoms with van der Waals surface area (Å²) in [6, 6.07) is 11.1.